The van der Waals surface area contributed by atoms with Crippen molar-refractivity contribution >= 4 is 28.9 Å². The minimum Gasteiger partial charge on any atom is -0.368 e. The molecule has 0 atom stereocenters. The van der Waals surface area contributed by atoms with Crippen LogP contribution in [0.3, 0.4) is 0 Å². The quantitative estimate of drug-likeness (QED) is 0.621. The number of amides is 1. The number of rotatable bonds is 4. The van der Waals surface area contributed by atoms with Gasteiger partial charge in [0.25, 0.3) is 5.69 Å². The van der Waals surface area contributed by atoms with Crippen LogP contribution >= 0.6 is 11.6 Å². The molecule has 1 heterocycles. The van der Waals surface area contributed by atoms with E-state index in [0.29, 0.717) is 18.1 Å². The van der Waals surface area contributed by atoms with Crippen molar-refractivity contribution in [2.75, 3.05) is 31.1 Å². The van der Waals surface area contributed by atoms with Crippen molar-refractivity contribution in [1.29, 1.82) is 0 Å². The van der Waals surface area contributed by atoms with E-state index in [0.717, 1.165) is 24.3 Å². The van der Waals surface area contributed by atoms with E-state index >= 15 is 0 Å². The fraction of sp³-hybridized carbons (Fsp3) is 0.278. The van der Waals surface area contributed by atoms with Gasteiger partial charge in [-0.3, -0.25) is 14.9 Å². The van der Waals surface area contributed by atoms with E-state index < -0.39 is 4.92 Å². The number of benzene rings is 2. The average molecular weight is 360 g/mol. The van der Waals surface area contributed by atoms with Gasteiger partial charge in [0, 0.05) is 49.0 Å². The molecule has 0 spiro atoms. The molecule has 2 aromatic rings. The summed E-state index contributed by atoms with van der Waals surface area (Å²) >= 11 is 5.91. The highest BCUT2D eigenvalue weighted by Crippen LogP contribution is 2.20. The van der Waals surface area contributed by atoms with E-state index in [-0.39, 0.29) is 18.0 Å². The SMILES string of the molecule is O=C(Cc1ccc([N+](=O)[O-])cc1)N1CCN(c2ccc(Cl)cc2)CC1. The molecule has 0 bridgehead atoms. The van der Waals surface area contributed by atoms with Crippen LogP contribution in [0.15, 0.2) is 48.5 Å². The molecule has 6 nitrogen and oxygen atoms in total. The number of nitro benzene ring substituents is 1. The smallest absolute Gasteiger partial charge is 0.269 e. The second-order valence-corrected chi connectivity index (χ2v) is 6.38. The Morgan fingerprint density at radius 3 is 2.16 bits per heavy atom. The van der Waals surface area contributed by atoms with Crippen LogP contribution in [0.2, 0.25) is 5.02 Å². The van der Waals surface area contributed by atoms with E-state index in [1.807, 2.05) is 29.2 Å². The minimum absolute atomic E-state index is 0.0350. The van der Waals surface area contributed by atoms with Gasteiger partial charge < -0.3 is 9.80 Å². The van der Waals surface area contributed by atoms with Gasteiger partial charge in [0.2, 0.25) is 5.91 Å². The lowest BCUT2D eigenvalue weighted by Gasteiger charge is -2.36. The van der Waals surface area contributed by atoms with Gasteiger partial charge in [-0.1, -0.05) is 23.7 Å². The average Bonchev–Trinajstić information content (AvgIpc) is 2.63. The molecule has 1 fully saturated rings. The summed E-state index contributed by atoms with van der Waals surface area (Å²) in [6.45, 7) is 2.87. The lowest BCUT2D eigenvalue weighted by atomic mass is 10.1. The Kier molecular flexibility index (Phi) is 5.19. The lowest BCUT2D eigenvalue weighted by Crippen LogP contribution is -2.49. The summed E-state index contributed by atoms with van der Waals surface area (Å²) < 4.78 is 0. The molecule has 1 aliphatic rings. The lowest BCUT2D eigenvalue weighted by molar-refractivity contribution is -0.384. The molecule has 1 aliphatic heterocycles. The zero-order chi connectivity index (χ0) is 17.8. The number of nitrogens with zero attached hydrogens (tertiary/aromatic N) is 3. The molecule has 25 heavy (non-hydrogen) atoms. The highest BCUT2D eigenvalue weighted by atomic mass is 35.5. The number of piperazine rings is 1. The van der Waals surface area contributed by atoms with Crippen LogP contribution in [0.4, 0.5) is 11.4 Å². The van der Waals surface area contributed by atoms with Crippen molar-refractivity contribution < 1.29 is 9.72 Å². The van der Waals surface area contributed by atoms with Gasteiger partial charge in [0.05, 0.1) is 11.3 Å². The van der Waals surface area contributed by atoms with Crippen molar-refractivity contribution in [1.82, 2.24) is 4.90 Å². The molecule has 1 amide bonds. The van der Waals surface area contributed by atoms with Gasteiger partial charge in [0.15, 0.2) is 0 Å². The Morgan fingerprint density at radius 1 is 1.00 bits per heavy atom. The van der Waals surface area contributed by atoms with Gasteiger partial charge in [-0.15, -0.1) is 0 Å². The first kappa shape index (κ1) is 17.2. The molecule has 0 N–H and O–H groups in total. The molecule has 0 unspecified atom stereocenters. The molecule has 0 saturated carbocycles. The van der Waals surface area contributed by atoms with Gasteiger partial charge in [-0.05, 0) is 29.8 Å². The minimum atomic E-state index is -0.443. The molecule has 0 aliphatic carbocycles. The molecule has 130 valence electrons. The Morgan fingerprint density at radius 2 is 1.60 bits per heavy atom. The van der Waals surface area contributed by atoms with Crippen LogP contribution in [-0.4, -0.2) is 41.9 Å². The predicted octanol–water partition coefficient (Wildman–Crippen LogP) is 3.14. The van der Waals surface area contributed by atoms with Crippen molar-refractivity contribution in [2.45, 2.75) is 6.42 Å². The zero-order valence-corrected chi connectivity index (χ0v) is 14.4. The number of hydrogen-bond donors (Lipinski definition) is 0. The molecule has 7 heteroatoms. The zero-order valence-electron chi connectivity index (χ0n) is 13.6. The summed E-state index contributed by atoms with van der Waals surface area (Å²) in [7, 11) is 0. The van der Waals surface area contributed by atoms with Crippen LogP contribution < -0.4 is 4.90 Å². The predicted molar refractivity (Wildman–Crippen MR) is 97.0 cm³/mol. The van der Waals surface area contributed by atoms with Crippen molar-refractivity contribution in [3.05, 3.63) is 69.2 Å². The first-order valence-electron chi connectivity index (χ1n) is 8.04. The second-order valence-electron chi connectivity index (χ2n) is 5.94. The van der Waals surface area contributed by atoms with Gasteiger partial charge in [-0.2, -0.15) is 0 Å². The fourth-order valence-electron chi connectivity index (χ4n) is 2.89. The van der Waals surface area contributed by atoms with Crippen LogP contribution in [0, 0.1) is 10.1 Å². The van der Waals surface area contributed by atoms with Gasteiger partial charge in [-0.25, -0.2) is 0 Å². The van der Waals surface area contributed by atoms with E-state index in [9.17, 15) is 14.9 Å². The van der Waals surface area contributed by atoms with Crippen LogP contribution in [-0.2, 0) is 11.2 Å². The molecule has 3 rings (SSSR count). The van der Waals surface area contributed by atoms with Gasteiger partial charge >= 0.3 is 0 Å². The van der Waals surface area contributed by atoms with Crippen molar-refractivity contribution in [3.63, 3.8) is 0 Å². The largest absolute Gasteiger partial charge is 0.368 e. The number of carbonyl (C=O) groups is 1. The third-order valence-corrected chi connectivity index (χ3v) is 4.58. The van der Waals surface area contributed by atoms with Crippen molar-refractivity contribution in [2.24, 2.45) is 0 Å². The number of carbonyl (C=O) groups excluding carboxylic acids is 1. The number of non-ortho nitro benzene ring substituents is 1. The number of hydrogen-bond acceptors (Lipinski definition) is 4. The maximum atomic E-state index is 12.4. The number of nitro groups is 1. The molecule has 1 saturated heterocycles. The summed E-state index contributed by atoms with van der Waals surface area (Å²) in [5, 5.41) is 11.4. The highest BCUT2D eigenvalue weighted by Gasteiger charge is 2.21. The topological polar surface area (TPSA) is 66.7 Å². The van der Waals surface area contributed by atoms with Crippen LogP contribution in [0.25, 0.3) is 0 Å². The Bertz CT molecular complexity index is 754. The van der Waals surface area contributed by atoms with E-state index in [2.05, 4.69) is 4.90 Å². The Balaban J connectivity index is 1.54. The Hall–Kier alpha value is -2.60. The number of anilines is 1. The monoisotopic (exact) mass is 359 g/mol. The molecule has 0 aromatic heterocycles. The molecule has 2 aromatic carbocycles. The molecular weight excluding hydrogens is 342 g/mol. The third-order valence-electron chi connectivity index (χ3n) is 4.33. The van der Waals surface area contributed by atoms with E-state index in [1.165, 1.54) is 12.1 Å². The summed E-state index contributed by atoms with van der Waals surface area (Å²) in [4.78, 5) is 26.7. The summed E-state index contributed by atoms with van der Waals surface area (Å²) in [5.74, 6) is 0.0459. The first-order valence-corrected chi connectivity index (χ1v) is 8.42. The fourth-order valence-corrected chi connectivity index (χ4v) is 3.01. The Labute approximate surface area is 150 Å². The first-order chi connectivity index (χ1) is 12.0. The second kappa shape index (κ2) is 7.53. The standard InChI is InChI=1S/C18H18ClN3O3/c19-15-3-7-16(8-4-15)20-9-11-21(12-10-20)18(23)13-14-1-5-17(6-2-14)22(24)25/h1-8H,9-13H2. The number of halogens is 1. The summed E-state index contributed by atoms with van der Waals surface area (Å²) in [5.41, 5.74) is 1.93. The van der Waals surface area contributed by atoms with E-state index in [4.69, 9.17) is 11.6 Å². The van der Waals surface area contributed by atoms with E-state index in [1.54, 1.807) is 12.1 Å². The summed E-state index contributed by atoms with van der Waals surface area (Å²) in [6.07, 6.45) is 0.263. The highest BCUT2D eigenvalue weighted by molar-refractivity contribution is 6.30. The maximum absolute atomic E-state index is 12.4. The van der Waals surface area contributed by atoms with Crippen LogP contribution in [0.5, 0.6) is 0 Å². The van der Waals surface area contributed by atoms with Crippen molar-refractivity contribution in [3.8, 4) is 0 Å². The molecular formula is C18H18ClN3O3. The van der Waals surface area contributed by atoms with Gasteiger partial charge in [0.1, 0.15) is 0 Å². The molecule has 0 radical (unpaired) electrons. The summed E-state index contributed by atoms with van der Waals surface area (Å²) in [6, 6.07) is 13.8. The third kappa shape index (κ3) is 4.28. The van der Waals surface area contributed by atoms with Crippen LogP contribution in [0.1, 0.15) is 5.56 Å². The normalized spacial score (nSPS) is 14.4. The maximum Gasteiger partial charge on any atom is 0.269 e.